The zero-order valence-corrected chi connectivity index (χ0v) is 14.5. The van der Waals surface area contributed by atoms with Gasteiger partial charge in [-0.05, 0) is 17.9 Å². The van der Waals surface area contributed by atoms with Crippen molar-refractivity contribution in [2.75, 3.05) is 0 Å². The molecule has 0 aliphatic heterocycles. The van der Waals surface area contributed by atoms with Crippen LogP contribution in [0.15, 0.2) is 50.1 Å². The van der Waals surface area contributed by atoms with Gasteiger partial charge in [0.25, 0.3) is 0 Å². The van der Waals surface area contributed by atoms with Crippen molar-refractivity contribution in [1.82, 2.24) is 0 Å². The van der Waals surface area contributed by atoms with Crippen LogP contribution in [0.3, 0.4) is 0 Å². The summed E-state index contributed by atoms with van der Waals surface area (Å²) in [5.74, 6) is -2.44. The minimum absolute atomic E-state index is 0.314. The molecule has 6 heteroatoms. The molecule has 0 atom stereocenters. The van der Waals surface area contributed by atoms with Crippen molar-refractivity contribution in [2.24, 2.45) is 11.1 Å². The fourth-order valence-electron chi connectivity index (χ4n) is 0.530. The molecule has 23 heavy (non-hydrogen) atoms. The molecule has 0 aromatic heterocycles. The molecule has 6 nitrogen and oxygen atoms in total. The number of amides is 1. The summed E-state index contributed by atoms with van der Waals surface area (Å²) < 4.78 is 0. The molecule has 0 unspecified atom stereocenters. The lowest BCUT2D eigenvalue weighted by Crippen LogP contribution is -2.06. The van der Waals surface area contributed by atoms with Gasteiger partial charge < -0.3 is 15.9 Å². The van der Waals surface area contributed by atoms with Crippen molar-refractivity contribution in [1.29, 1.82) is 0 Å². The van der Waals surface area contributed by atoms with E-state index in [1.807, 2.05) is 0 Å². The first kappa shape index (κ1) is 28.5. The summed E-state index contributed by atoms with van der Waals surface area (Å²) >= 11 is 0. The van der Waals surface area contributed by atoms with Crippen LogP contribution < -0.4 is 5.73 Å². The van der Waals surface area contributed by atoms with E-state index in [0.717, 1.165) is 24.6 Å². The molecular formula is C17H29NO5. The number of primary amides is 1. The predicted octanol–water partition coefficient (Wildman–Crippen LogP) is 3.17. The third kappa shape index (κ3) is 45.2. The van der Waals surface area contributed by atoms with E-state index in [9.17, 15) is 14.4 Å². The smallest absolute Gasteiger partial charge is 0.327 e. The van der Waals surface area contributed by atoms with Gasteiger partial charge in [-0.25, -0.2) is 9.59 Å². The fraction of sp³-hybridized carbons (Fsp3) is 0.353. The van der Waals surface area contributed by atoms with Crippen molar-refractivity contribution in [3.05, 3.63) is 50.1 Å². The maximum atomic E-state index is 9.47. The molecule has 0 aliphatic rings. The zero-order valence-electron chi connectivity index (χ0n) is 14.5. The van der Waals surface area contributed by atoms with E-state index in [-0.39, 0.29) is 0 Å². The molecule has 0 fully saturated rings. The molecule has 1 amide bonds. The first-order valence-electron chi connectivity index (χ1n) is 6.60. The summed E-state index contributed by atoms with van der Waals surface area (Å²) in [5, 5.41) is 15.2. The van der Waals surface area contributed by atoms with E-state index in [2.05, 4.69) is 59.7 Å². The number of hydrogen-bond acceptors (Lipinski definition) is 3. The van der Waals surface area contributed by atoms with E-state index in [0.29, 0.717) is 5.41 Å². The van der Waals surface area contributed by atoms with Crippen LogP contribution in [0.1, 0.15) is 34.1 Å². The van der Waals surface area contributed by atoms with Gasteiger partial charge >= 0.3 is 11.9 Å². The summed E-state index contributed by atoms with van der Waals surface area (Å²) in [5.41, 5.74) is 6.18. The predicted molar refractivity (Wildman–Crippen MR) is 93.9 cm³/mol. The van der Waals surface area contributed by atoms with Crippen LogP contribution in [-0.4, -0.2) is 28.1 Å². The van der Waals surface area contributed by atoms with Gasteiger partial charge in [0.15, 0.2) is 0 Å². The van der Waals surface area contributed by atoms with Crippen molar-refractivity contribution in [2.45, 2.75) is 34.1 Å². The van der Waals surface area contributed by atoms with Gasteiger partial charge in [0, 0.05) is 12.2 Å². The van der Waals surface area contributed by atoms with E-state index < -0.39 is 17.8 Å². The van der Waals surface area contributed by atoms with Crippen LogP contribution in [0.4, 0.5) is 0 Å². The number of allylic oxidation sites excluding steroid dienone is 1. The average molecular weight is 327 g/mol. The maximum Gasteiger partial charge on any atom is 0.327 e. The minimum atomic E-state index is -0.981. The Labute approximate surface area is 138 Å². The molecule has 0 aliphatic carbocycles. The number of carbonyl (C=O) groups excluding carboxylic acids is 1. The highest BCUT2D eigenvalue weighted by atomic mass is 16.4. The Morgan fingerprint density at radius 3 is 1.17 bits per heavy atom. The quantitative estimate of drug-likeness (QED) is 0.541. The summed E-state index contributed by atoms with van der Waals surface area (Å²) in [6, 6.07) is 0. The zero-order chi connectivity index (χ0) is 19.6. The minimum Gasteiger partial charge on any atom is -0.478 e. The van der Waals surface area contributed by atoms with Gasteiger partial charge in [0.1, 0.15) is 0 Å². The maximum absolute atomic E-state index is 9.47. The van der Waals surface area contributed by atoms with Gasteiger partial charge in [0.05, 0.1) is 0 Å². The van der Waals surface area contributed by atoms with E-state index in [4.69, 9.17) is 10.2 Å². The highest BCUT2D eigenvalue weighted by molar-refractivity contribution is 5.85. The van der Waals surface area contributed by atoms with Gasteiger partial charge in [-0.2, -0.15) is 0 Å². The van der Waals surface area contributed by atoms with Crippen molar-refractivity contribution in [3.63, 3.8) is 0 Å². The molecule has 0 rings (SSSR count). The van der Waals surface area contributed by atoms with Crippen LogP contribution >= 0.6 is 0 Å². The first-order chi connectivity index (χ1) is 10.3. The molecule has 0 spiro atoms. The molecule has 4 N–H and O–H groups in total. The van der Waals surface area contributed by atoms with Crippen LogP contribution in [-0.2, 0) is 14.4 Å². The topological polar surface area (TPSA) is 118 Å². The summed E-state index contributed by atoms with van der Waals surface area (Å²) in [6.07, 6.45) is 3.82. The number of aliphatic carboxylic acids is 2. The standard InChI is InChI=1S/C8H16.C3H5NO.2C3H4O2/c1-6-7(2)8(3,4)5;3*1-2-3(4)5/h2,6H2,1,3-5H3;2H,1H2,(H2,4,5);2*2H,1H2,(H,4,5). The monoisotopic (exact) mass is 327 g/mol. The molecule has 132 valence electrons. The van der Waals surface area contributed by atoms with Crippen molar-refractivity contribution in [3.8, 4) is 0 Å². The van der Waals surface area contributed by atoms with Gasteiger partial charge in [-0.1, -0.05) is 59.6 Å². The Hall–Kier alpha value is -2.63. The van der Waals surface area contributed by atoms with Crippen molar-refractivity contribution >= 4 is 17.8 Å². The second-order valence-electron chi connectivity index (χ2n) is 4.90. The summed E-state index contributed by atoms with van der Waals surface area (Å²) in [6.45, 7) is 21.7. The molecule has 0 saturated carbocycles. The molecule has 0 saturated heterocycles. The molecule has 0 bridgehead atoms. The molecule has 0 radical (unpaired) electrons. The molecule has 0 aromatic carbocycles. The highest BCUT2D eigenvalue weighted by Crippen LogP contribution is 2.25. The van der Waals surface area contributed by atoms with Crippen LogP contribution in [0.5, 0.6) is 0 Å². The second-order valence-corrected chi connectivity index (χ2v) is 4.90. The van der Waals surface area contributed by atoms with Gasteiger partial charge in [-0.3, -0.25) is 4.79 Å². The Morgan fingerprint density at radius 1 is 0.957 bits per heavy atom. The number of rotatable bonds is 4. The van der Waals surface area contributed by atoms with Gasteiger partial charge in [0.2, 0.25) is 5.91 Å². The number of nitrogens with two attached hydrogens (primary N) is 1. The summed E-state index contributed by atoms with van der Waals surface area (Å²) in [7, 11) is 0. The molecular weight excluding hydrogens is 298 g/mol. The molecule has 0 heterocycles. The van der Waals surface area contributed by atoms with E-state index >= 15 is 0 Å². The summed E-state index contributed by atoms with van der Waals surface area (Å²) in [4.78, 5) is 28.0. The fourth-order valence-corrected chi connectivity index (χ4v) is 0.530. The Balaban J connectivity index is -0.000000108. The Bertz CT molecular complexity index is 374. The SMILES string of the molecule is C=C(CC)C(C)(C)C.C=CC(=O)O.C=CC(=O)O.C=CC(N)=O. The lowest BCUT2D eigenvalue weighted by Gasteiger charge is -2.19. The van der Waals surface area contributed by atoms with E-state index in [1.165, 1.54) is 5.57 Å². The third-order valence-corrected chi connectivity index (χ3v) is 2.04. The lowest BCUT2D eigenvalue weighted by molar-refractivity contribution is -0.132. The lowest BCUT2D eigenvalue weighted by atomic mass is 9.86. The number of carboxylic acids is 2. The van der Waals surface area contributed by atoms with Crippen LogP contribution in [0, 0.1) is 5.41 Å². The highest BCUT2D eigenvalue weighted by Gasteiger charge is 2.11. The Kier molecular flexibility index (Phi) is 21.6. The first-order valence-corrected chi connectivity index (χ1v) is 6.60. The second kappa shape index (κ2) is 17.4. The normalized spacial score (nSPS) is 8.17. The average Bonchev–Trinajstić information content (AvgIpc) is 2.46. The van der Waals surface area contributed by atoms with Crippen LogP contribution in [0.25, 0.3) is 0 Å². The largest absolute Gasteiger partial charge is 0.478 e. The number of hydrogen-bond donors (Lipinski definition) is 3. The third-order valence-electron chi connectivity index (χ3n) is 2.04. The molecule has 0 aromatic rings. The van der Waals surface area contributed by atoms with E-state index in [1.54, 1.807) is 0 Å². The van der Waals surface area contributed by atoms with Crippen molar-refractivity contribution < 1.29 is 24.6 Å². The van der Waals surface area contributed by atoms with Gasteiger partial charge in [-0.15, -0.1) is 0 Å². The van der Waals surface area contributed by atoms with Crippen LogP contribution in [0.2, 0.25) is 0 Å². The Morgan fingerprint density at radius 2 is 1.17 bits per heavy atom. The number of carbonyl (C=O) groups is 3. The number of carboxylic acid groups (broad SMARTS) is 2.